The third-order valence-corrected chi connectivity index (χ3v) is 9.30. The molecule has 5 fully saturated rings. The number of thiol groups is 1. The number of hydrogen-bond acceptors (Lipinski definition) is 5. The maximum Gasteiger partial charge on any atom is 0.262 e. The second kappa shape index (κ2) is 7.75. The van der Waals surface area contributed by atoms with Crippen LogP contribution < -0.4 is 0 Å². The molecule has 4 bridgehead atoms. The molecule has 0 radical (unpaired) electrons. The second-order valence-corrected chi connectivity index (χ2v) is 11.6. The van der Waals surface area contributed by atoms with Gasteiger partial charge in [-0.2, -0.15) is 0 Å². The van der Waals surface area contributed by atoms with Crippen LogP contribution in [0.1, 0.15) is 43.4 Å². The van der Waals surface area contributed by atoms with E-state index in [1.54, 1.807) is 0 Å². The van der Waals surface area contributed by atoms with E-state index in [2.05, 4.69) is 4.90 Å². The zero-order valence-electron chi connectivity index (χ0n) is 17.3. The third kappa shape index (κ3) is 3.38. The Hall–Kier alpha value is -1.63. The van der Waals surface area contributed by atoms with E-state index in [0.717, 1.165) is 17.4 Å². The molecule has 1 saturated heterocycles. The molecule has 162 valence electrons. The Morgan fingerprint density at radius 1 is 1.10 bits per heavy atom. The van der Waals surface area contributed by atoms with E-state index in [0.29, 0.717) is 39.9 Å². The minimum absolute atomic E-state index is 0.0732. The van der Waals surface area contributed by atoms with Crippen LogP contribution in [0.3, 0.4) is 0 Å². The molecule has 6 heteroatoms. The molecule has 1 aliphatic heterocycles. The first-order valence-corrected chi connectivity index (χ1v) is 12.7. The predicted octanol–water partition coefficient (Wildman–Crippen LogP) is 5.39. The molecule has 4 nitrogen and oxygen atoms in total. The zero-order chi connectivity index (χ0) is 21.1. The molecule has 4 saturated carbocycles. The Balaban J connectivity index is 1.29. The maximum atomic E-state index is 13.5. The quantitative estimate of drug-likeness (QED) is 0.481. The molecular formula is C25H27NO3S2. The predicted molar refractivity (Wildman–Crippen MR) is 126 cm³/mol. The monoisotopic (exact) mass is 453 g/mol. The van der Waals surface area contributed by atoms with Crippen molar-refractivity contribution in [2.45, 2.75) is 49.5 Å². The molecule has 1 aromatic carbocycles. The van der Waals surface area contributed by atoms with Gasteiger partial charge in [0, 0.05) is 23.2 Å². The first kappa shape index (κ1) is 20.0. The fourth-order valence-electron chi connectivity index (χ4n) is 6.73. The number of furan rings is 1. The van der Waals surface area contributed by atoms with Crippen LogP contribution in [0.25, 0.3) is 17.4 Å². The number of hydrogen-bond donors (Lipinski definition) is 2. The molecule has 7 rings (SSSR count). The van der Waals surface area contributed by atoms with Gasteiger partial charge >= 0.3 is 0 Å². The Labute approximate surface area is 192 Å². The number of benzene rings is 1. The van der Waals surface area contributed by atoms with Gasteiger partial charge in [0.05, 0.1) is 11.5 Å². The van der Waals surface area contributed by atoms with Crippen molar-refractivity contribution < 1.29 is 14.3 Å². The van der Waals surface area contributed by atoms with Gasteiger partial charge in [0.15, 0.2) is 0 Å². The molecule has 2 heterocycles. The smallest absolute Gasteiger partial charge is 0.262 e. The number of carbonyl (C=O) groups is 1. The van der Waals surface area contributed by atoms with Gasteiger partial charge in [0.1, 0.15) is 16.2 Å². The van der Waals surface area contributed by atoms with Crippen molar-refractivity contribution in [2.24, 2.45) is 23.7 Å². The summed E-state index contributed by atoms with van der Waals surface area (Å²) in [5, 5.41) is 9.86. The van der Waals surface area contributed by atoms with Crippen LogP contribution in [-0.4, -0.2) is 26.7 Å². The molecule has 31 heavy (non-hydrogen) atoms. The largest absolute Gasteiger partial charge is 0.456 e. The van der Waals surface area contributed by atoms with E-state index in [-0.39, 0.29) is 17.2 Å². The molecule has 5 aliphatic rings. The van der Waals surface area contributed by atoms with Gasteiger partial charge in [-0.15, -0.1) is 12.6 Å². The standard InChI is InChI=1S/C25H27NO3S2/c27-13-19-11-20(16-4-2-1-3-5-16)29-21(19)12-22-24(28)26(25(30)31-22)23-17-7-14-6-15(9-17)10-18(23)8-14/h1-5,11-12,14-15,17-18,23,25,27,30H,6-10,13H2/b22-12-. The summed E-state index contributed by atoms with van der Waals surface area (Å²) in [7, 11) is 0. The van der Waals surface area contributed by atoms with Crippen LogP contribution in [0.4, 0.5) is 0 Å². The summed E-state index contributed by atoms with van der Waals surface area (Å²) >= 11 is 6.32. The fourth-order valence-corrected chi connectivity index (χ4v) is 8.29. The van der Waals surface area contributed by atoms with Gasteiger partial charge in [-0.3, -0.25) is 4.79 Å². The van der Waals surface area contributed by atoms with E-state index in [1.165, 1.54) is 43.9 Å². The van der Waals surface area contributed by atoms with Crippen molar-refractivity contribution in [3.63, 3.8) is 0 Å². The summed E-state index contributed by atoms with van der Waals surface area (Å²) < 4.78 is 5.92. The summed E-state index contributed by atoms with van der Waals surface area (Å²) in [6.07, 6.45) is 8.32. The Morgan fingerprint density at radius 2 is 1.77 bits per heavy atom. The highest BCUT2D eigenvalue weighted by Gasteiger charge is 2.53. The highest BCUT2D eigenvalue weighted by Crippen LogP contribution is 2.57. The Morgan fingerprint density at radius 3 is 2.42 bits per heavy atom. The minimum Gasteiger partial charge on any atom is -0.456 e. The molecular weight excluding hydrogens is 426 g/mol. The number of nitrogens with zero attached hydrogens (tertiary/aromatic N) is 1. The van der Waals surface area contributed by atoms with E-state index < -0.39 is 0 Å². The first-order valence-electron chi connectivity index (χ1n) is 11.3. The molecule has 1 unspecified atom stereocenters. The topological polar surface area (TPSA) is 53.7 Å². The highest BCUT2D eigenvalue weighted by atomic mass is 32.2. The van der Waals surface area contributed by atoms with Crippen LogP contribution >= 0.6 is 24.4 Å². The van der Waals surface area contributed by atoms with E-state index in [4.69, 9.17) is 17.0 Å². The third-order valence-electron chi connectivity index (χ3n) is 7.75. The molecule has 1 amide bonds. The van der Waals surface area contributed by atoms with E-state index in [1.807, 2.05) is 42.5 Å². The normalized spacial score (nSPS) is 35.5. The lowest BCUT2D eigenvalue weighted by Gasteiger charge is -2.56. The van der Waals surface area contributed by atoms with E-state index in [9.17, 15) is 9.90 Å². The van der Waals surface area contributed by atoms with Gasteiger partial charge in [-0.05, 0) is 61.8 Å². The molecule has 1 aromatic heterocycles. The lowest BCUT2D eigenvalue weighted by molar-refractivity contribution is -0.136. The summed E-state index contributed by atoms with van der Waals surface area (Å²) in [5.41, 5.74) is 1.65. The molecule has 1 atom stereocenters. The Bertz CT molecular complexity index is 1000. The van der Waals surface area contributed by atoms with Crippen molar-refractivity contribution >= 4 is 36.4 Å². The van der Waals surface area contributed by atoms with Gasteiger partial charge in [-0.25, -0.2) is 0 Å². The average molecular weight is 454 g/mol. The number of amides is 1. The molecule has 4 aliphatic carbocycles. The summed E-state index contributed by atoms with van der Waals surface area (Å²) in [5.74, 6) is 4.36. The number of thioether (sulfide) groups is 1. The van der Waals surface area contributed by atoms with Crippen molar-refractivity contribution in [3.8, 4) is 11.3 Å². The number of rotatable bonds is 4. The molecule has 2 aromatic rings. The van der Waals surface area contributed by atoms with Gasteiger partial charge < -0.3 is 14.4 Å². The summed E-state index contributed by atoms with van der Waals surface area (Å²) in [6.45, 7) is -0.127. The first-order chi connectivity index (χ1) is 15.1. The maximum absolute atomic E-state index is 13.5. The summed E-state index contributed by atoms with van der Waals surface area (Å²) in [4.78, 5) is 16.2. The number of carbonyl (C=O) groups excluding carboxylic acids is 1. The van der Waals surface area contributed by atoms with Crippen molar-refractivity contribution in [1.82, 2.24) is 4.90 Å². The van der Waals surface area contributed by atoms with Crippen LogP contribution in [0.5, 0.6) is 0 Å². The van der Waals surface area contributed by atoms with Crippen LogP contribution in [0, 0.1) is 23.7 Å². The average Bonchev–Trinajstić information content (AvgIpc) is 3.29. The van der Waals surface area contributed by atoms with Crippen LogP contribution in [0.2, 0.25) is 0 Å². The number of aliphatic hydroxyl groups excluding tert-OH is 1. The van der Waals surface area contributed by atoms with Crippen molar-refractivity contribution in [3.05, 3.63) is 52.6 Å². The van der Waals surface area contributed by atoms with Gasteiger partial charge in [0.2, 0.25) is 0 Å². The molecule has 0 spiro atoms. The Kier molecular flexibility index (Phi) is 5.00. The minimum atomic E-state index is -0.151. The van der Waals surface area contributed by atoms with Gasteiger partial charge in [0.25, 0.3) is 5.91 Å². The van der Waals surface area contributed by atoms with E-state index >= 15 is 0 Å². The van der Waals surface area contributed by atoms with Crippen molar-refractivity contribution in [2.75, 3.05) is 0 Å². The number of aliphatic hydroxyl groups is 1. The van der Waals surface area contributed by atoms with Crippen LogP contribution in [-0.2, 0) is 11.4 Å². The van der Waals surface area contributed by atoms with Crippen LogP contribution in [0.15, 0.2) is 45.7 Å². The lowest BCUT2D eigenvalue weighted by atomic mass is 9.54. The highest BCUT2D eigenvalue weighted by molar-refractivity contribution is 8.14. The zero-order valence-corrected chi connectivity index (χ0v) is 19.0. The fraction of sp³-hybridized carbons (Fsp3) is 0.480. The molecule has 1 N–H and O–H groups in total. The summed E-state index contributed by atoms with van der Waals surface area (Å²) in [6, 6.07) is 12.0. The second-order valence-electron chi connectivity index (χ2n) is 9.61. The lowest BCUT2D eigenvalue weighted by Crippen LogP contribution is -2.57. The SMILES string of the molecule is O=C1/C(=C/c2oc(-c3ccccc3)cc2CO)SC(S)N1C1C2CC3CC(C2)CC1C3. The van der Waals surface area contributed by atoms with Gasteiger partial charge in [-0.1, -0.05) is 42.1 Å². The van der Waals surface area contributed by atoms with Crippen molar-refractivity contribution in [1.29, 1.82) is 0 Å².